The average molecular weight is 117 g/mol. The van der Waals surface area contributed by atoms with Crippen molar-refractivity contribution in [2.45, 2.75) is 32.9 Å². The van der Waals surface area contributed by atoms with Crippen LogP contribution in [0.4, 0.5) is 0 Å². The SMILES string of the molecule is CC[C@@H](C)CC(N)O. The van der Waals surface area contributed by atoms with Gasteiger partial charge in [-0.2, -0.15) is 0 Å². The Morgan fingerprint density at radius 2 is 2.12 bits per heavy atom. The highest BCUT2D eigenvalue weighted by Crippen LogP contribution is 2.06. The van der Waals surface area contributed by atoms with Gasteiger partial charge in [0, 0.05) is 0 Å². The Kier molecular flexibility index (Phi) is 3.83. The summed E-state index contributed by atoms with van der Waals surface area (Å²) in [5.41, 5.74) is 5.12. The van der Waals surface area contributed by atoms with Gasteiger partial charge in [0.05, 0.1) is 0 Å². The van der Waals surface area contributed by atoms with Gasteiger partial charge < -0.3 is 10.8 Å². The Bertz CT molecular complexity index is 54.5. The van der Waals surface area contributed by atoms with Gasteiger partial charge in [0.1, 0.15) is 6.23 Å². The molecule has 0 aromatic rings. The number of hydrogen-bond donors (Lipinski definition) is 2. The fourth-order valence-electron chi connectivity index (χ4n) is 0.579. The molecule has 0 saturated carbocycles. The molecule has 0 rings (SSSR count). The second-order valence-corrected chi connectivity index (χ2v) is 2.32. The predicted molar refractivity (Wildman–Crippen MR) is 34.3 cm³/mol. The van der Waals surface area contributed by atoms with Gasteiger partial charge in [-0.25, -0.2) is 0 Å². The van der Waals surface area contributed by atoms with Gasteiger partial charge in [-0.3, -0.25) is 0 Å². The van der Waals surface area contributed by atoms with Crippen LogP contribution in [0.5, 0.6) is 0 Å². The molecule has 0 spiro atoms. The van der Waals surface area contributed by atoms with E-state index in [1.807, 2.05) is 0 Å². The van der Waals surface area contributed by atoms with Crippen molar-refractivity contribution in [3.8, 4) is 0 Å². The molecule has 0 radical (unpaired) electrons. The Hall–Kier alpha value is -0.0800. The molecular formula is C6H15NO. The van der Waals surface area contributed by atoms with Crippen LogP contribution in [0.2, 0.25) is 0 Å². The third-order valence-corrected chi connectivity index (χ3v) is 1.34. The summed E-state index contributed by atoms with van der Waals surface area (Å²) in [4.78, 5) is 0. The summed E-state index contributed by atoms with van der Waals surface area (Å²) in [7, 11) is 0. The van der Waals surface area contributed by atoms with Crippen LogP contribution in [0.15, 0.2) is 0 Å². The van der Waals surface area contributed by atoms with Crippen LogP contribution in [0.25, 0.3) is 0 Å². The van der Waals surface area contributed by atoms with E-state index in [0.29, 0.717) is 5.92 Å². The lowest BCUT2D eigenvalue weighted by Gasteiger charge is -2.08. The van der Waals surface area contributed by atoms with Gasteiger partial charge in [0.2, 0.25) is 0 Å². The zero-order chi connectivity index (χ0) is 6.57. The maximum atomic E-state index is 8.63. The normalized spacial score (nSPS) is 18.0. The summed E-state index contributed by atoms with van der Waals surface area (Å²) in [6.45, 7) is 4.17. The molecule has 0 amide bonds. The van der Waals surface area contributed by atoms with E-state index < -0.39 is 6.23 Å². The fourth-order valence-corrected chi connectivity index (χ4v) is 0.579. The van der Waals surface area contributed by atoms with E-state index in [2.05, 4.69) is 13.8 Å². The Morgan fingerprint density at radius 3 is 2.25 bits per heavy atom. The van der Waals surface area contributed by atoms with Crippen LogP contribution < -0.4 is 5.73 Å². The van der Waals surface area contributed by atoms with Gasteiger partial charge in [-0.1, -0.05) is 20.3 Å². The smallest absolute Gasteiger partial charge is 0.102 e. The van der Waals surface area contributed by atoms with Crippen molar-refractivity contribution in [3.05, 3.63) is 0 Å². The number of nitrogens with two attached hydrogens (primary N) is 1. The van der Waals surface area contributed by atoms with Crippen LogP contribution in [-0.2, 0) is 0 Å². The molecule has 0 saturated heterocycles. The van der Waals surface area contributed by atoms with Gasteiger partial charge >= 0.3 is 0 Å². The summed E-state index contributed by atoms with van der Waals surface area (Å²) >= 11 is 0. The van der Waals surface area contributed by atoms with Crippen LogP contribution in [0, 0.1) is 5.92 Å². The van der Waals surface area contributed by atoms with Crippen molar-refractivity contribution in [2.24, 2.45) is 11.7 Å². The quantitative estimate of drug-likeness (QED) is 0.534. The zero-order valence-corrected chi connectivity index (χ0v) is 5.59. The van der Waals surface area contributed by atoms with Crippen LogP contribution in [-0.4, -0.2) is 11.3 Å². The molecule has 1 unspecified atom stereocenters. The van der Waals surface area contributed by atoms with Crippen molar-refractivity contribution in [3.63, 3.8) is 0 Å². The van der Waals surface area contributed by atoms with E-state index in [9.17, 15) is 0 Å². The maximum absolute atomic E-state index is 8.63. The molecule has 0 aliphatic rings. The molecule has 0 bridgehead atoms. The van der Waals surface area contributed by atoms with Crippen molar-refractivity contribution in [1.82, 2.24) is 0 Å². The van der Waals surface area contributed by atoms with Gasteiger partial charge in [0.25, 0.3) is 0 Å². The first kappa shape index (κ1) is 7.92. The average Bonchev–Trinajstić information content (AvgIpc) is 1.65. The molecule has 8 heavy (non-hydrogen) atoms. The molecule has 50 valence electrons. The standard InChI is InChI=1S/C6H15NO/c1-3-5(2)4-6(7)8/h5-6,8H,3-4,7H2,1-2H3/t5-,6?/m1/s1. The molecule has 0 aromatic heterocycles. The molecule has 0 aliphatic carbocycles. The summed E-state index contributed by atoms with van der Waals surface area (Å²) in [5.74, 6) is 0.551. The van der Waals surface area contributed by atoms with E-state index in [0.717, 1.165) is 12.8 Å². The van der Waals surface area contributed by atoms with E-state index >= 15 is 0 Å². The van der Waals surface area contributed by atoms with Crippen LogP contribution >= 0.6 is 0 Å². The second-order valence-electron chi connectivity index (χ2n) is 2.32. The first-order valence-corrected chi connectivity index (χ1v) is 3.10. The van der Waals surface area contributed by atoms with Crippen LogP contribution in [0.3, 0.4) is 0 Å². The van der Waals surface area contributed by atoms with Gasteiger partial charge in [-0.05, 0) is 12.3 Å². The minimum atomic E-state index is -0.620. The topological polar surface area (TPSA) is 46.2 Å². The lowest BCUT2D eigenvalue weighted by Crippen LogP contribution is -2.21. The monoisotopic (exact) mass is 117 g/mol. The van der Waals surface area contributed by atoms with Crippen molar-refractivity contribution < 1.29 is 5.11 Å². The van der Waals surface area contributed by atoms with Crippen molar-refractivity contribution >= 4 is 0 Å². The Morgan fingerprint density at radius 1 is 1.62 bits per heavy atom. The molecule has 0 aliphatic heterocycles. The first-order chi connectivity index (χ1) is 3.66. The minimum Gasteiger partial charge on any atom is -0.379 e. The number of aliphatic hydroxyl groups is 1. The summed E-state index contributed by atoms with van der Waals surface area (Å²) in [6, 6.07) is 0. The number of hydrogen-bond acceptors (Lipinski definition) is 2. The molecule has 2 nitrogen and oxygen atoms in total. The van der Waals surface area contributed by atoms with E-state index in [4.69, 9.17) is 10.8 Å². The van der Waals surface area contributed by atoms with E-state index in [1.54, 1.807) is 0 Å². The lowest BCUT2D eigenvalue weighted by molar-refractivity contribution is 0.151. The molecule has 3 N–H and O–H groups in total. The highest BCUT2D eigenvalue weighted by atomic mass is 16.3. The van der Waals surface area contributed by atoms with Crippen LogP contribution in [0.1, 0.15) is 26.7 Å². The highest BCUT2D eigenvalue weighted by Gasteiger charge is 2.01. The summed E-state index contributed by atoms with van der Waals surface area (Å²) < 4.78 is 0. The molecule has 0 heterocycles. The molecule has 2 atom stereocenters. The molecular weight excluding hydrogens is 102 g/mol. The largest absolute Gasteiger partial charge is 0.379 e. The Labute approximate surface area is 50.7 Å². The number of rotatable bonds is 3. The first-order valence-electron chi connectivity index (χ1n) is 3.10. The summed E-state index contributed by atoms with van der Waals surface area (Å²) in [5, 5.41) is 8.63. The summed E-state index contributed by atoms with van der Waals surface area (Å²) in [6.07, 6.45) is 1.19. The third kappa shape index (κ3) is 4.09. The zero-order valence-electron chi connectivity index (χ0n) is 5.59. The number of aliphatic hydroxyl groups excluding tert-OH is 1. The van der Waals surface area contributed by atoms with Crippen molar-refractivity contribution in [2.75, 3.05) is 0 Å². The Balaban J connectivity index is 3.10. The molecule has 0 fully saturated rings. The lowest BCUT2D eigenvalue weighted by atomic mass is 10.1. The van der Waals surface area contributed by atoms with Gasteiger partial charge in [-0.15, -0.1) is 0 Å². The van der Waals surface area contributed by atoms with E-state index in [1.165, 1.54) is 0 Å². The molecule has 0 aromatic carbocycles. The van der Waals surface area contributed by atoms with Gasteiger partial charge in [0.15, 0.2) is 0 Å². The minimum absolute atomic E-state index is 0.551. The predicted octanol–water partition coefficient (Wildman–Crippen LogP) is 0.700. The third-order valence-electron chi connectivity index (χ3n) is 1.34. The second kappa shape index (κ2) is 3.87. The maximum Gasteiger partial charge on any atom is 0.102 e. The van der Waals surface area contributed by atoms with E-state index in [-0.39, 0.29) is 0 Å². The molecule has 2 heteroatoms. The van der Waals surface area contributed by atoms with Crippen molar-refractivity contribution in [1.29, 1.82) is 0 Å². The highest BCUT2D eigenvalue weighted by molar-refractivity contribution is 4.52. The fraction of sp³-hybridized carbons (Fsp3) is 1.00.